The number of carbonyl (C=O) groups is 3. The van der Waals surface area contributed by atoms with E-state index in [0.29, 0.717) is 28.2 Å². The highest BCUT2D eigenvalue weighted by atomic mass is 35.5. The summed E-state index contributed by atoms with van der Waals surface area (Å²) in [5, 5.41) is 14.9. The summed E-state index contributed by atoms with van der Waals surface area (Å²) in [5.41, 5.74) is 2.00. The van der Waals surface area contributed by atoms with Crippen molar-refractivity contribution in [2.45, 2.75) is 52.0 Å². The van der Waals surface area contributed by atoms with Gasteiger partial charge in [-0.1, -0.05) is 62.7 Å². The zero-order valence-corrected chi connectivity index (χ0v) is 19.3. The average Bonchev–Trinajstić information content (AvgIpc) is 3.24. The summed E-state index contributed by atoms with van der Waals surface area (Å²) in [7, 11) is 0. The Morgan fingerprint density at radius 3 is 2.42 bits per heavy atom. The molecule has 0 spiro atoms. The third-order valence-electron chi connectivity index (χ3n) is 5.45. The standard InChI is InChI=1S/C21H30Cl2N4O4/c1-13(2)19(25-21(30)24-15-7-8-16(22)17(23)11-15)20(29)27(12-18(28)26-31)10-9-14-5-3-4-6-14/h7-8,11,13-14,19,31H,3-6,9-10,12H2,1-2H3,(H,26,28)(H2,24,25,30)/t19-/m0/s1. The van der Waals surface area contributed by atoms with Gasteiger partial charge in [-0.25, -0.2) is 10.3 Å². The Morgan fingerprint density at radius 2 is 1.84 bits per heavy atom. The largest absolute Gasteiger partial charge is 0.332 e. The highest BCUT2D eigenvalue weighted by molar-refractivity contribution is 6.42. The minimum atomic E-state index is -0.849. The molecule has 4 amide bonds. The van der Waals surface area contributed by atoms with Crippen LogP contribution in [0, 0.1) is 11.8 Å². The topological polar surface area (TPSA) is 111 Å². The molecule has 2 rings (SSSR count). The predicted octanol–water partition coefficient (Wildman–Crippen LogP) is 4.05. The van der Waals surface area contributed by atoms with Crippen LogP contribution in [-0.2, 0) is 9.59 Å². The molecule has 31 heavy (non-hydrogen) atoms. The maximum absolute atomic E-state index is 13.2. The molecule has 8 nitrogen and oxygen atoms in total. The van der Waals surface area contributed by atoms with Crippen LogP contribution in [0.25, 0.3) is 0 Å². The van der Waals surface area contributed by atoms with Gasteiger partial charge in [-0.15, -0.1) is 0 Å². The number of hydrogen-bond donors (Lipinski definition) is 4. The predicted molar refractivity (Wildman–Crippen MR) is 120 cm³/mol. The van der Waals surface area contributed by atoms with Gasteiger partial charge in [0.25, 0.3) is 5.91 Å². The van der Waals surface area contributed by atoms with Gasteiger partial charge in [-0.05, 0) is 36.5 Å². The van der Waals surface area contributed by atoms with Gasteiger partial charge >= 0.3 is 6.03 Å². The molecule has 1 aromatic rings. The molecule has 0 heterocycles. The summed E-state index contributed by atoms with van der Waals surface area (Å²) in [4.78, 5) is 38.9. The average molecular weight is 473 g/mol. The minimum absolute atomic E-state index is 0.224. The summed E-state index contributed by atoms with van der Waals surface area (Å²) >= 11 is 11.9. The molecule has 0 saturated heterocycles. The third kappa shape index (κ3) is 7.87. The lowest BCUT2D eigenvalue weighted by atomic mass is 10.0. The maximum Gasteiger partial charge on any atom is 0.319 e. The van der Waals surface area contributed by atoms with Crippen LogP contribution in [0.3, 0.4) is 0 Å². The van der Waals surface area contributed by atoms with E-state index in [2.05, 4.69) is 10.6 Å². The van der Waals surface area contributed by atoms with Gasteiger partial charge in [0, 0.05) is 12.2 Å². The number of nitrogens with zero attached hydrogens (tertiary/aromatic N) is 1. The van der Waals surface area contributed by atoms with E-state index < -0.39 is 18.0 Å². The molecule has 1 aliphatic rings. The smallest absolute Gasteiger partial charge is 0.319 e. The van der Waals surface area contributed by atoms with Gasteiger partial charge in [0.15, 0.2) is 0 Å². The summed E-state index contributed by atoms with van der Waals surface area (Å²) in [6, 6.07) is 3.24. The van der Waals surface area contributed by atoms with E-state index >= 15 is 0 Å². The van der Waals surface area contributed by atoms with Gasteiger partial charge in [0.1, 0.15) is 12.6 Å². The van der Waals surface area contributed by atoms with Crippen molar-refractivity contribution in [1.29, 1.82) is 0 Å². The molecule has 0 bridgehead atoms. The zero-order chi connectivity index (χ0) is 23.0. The quantitative estimate of drug-likeness (QED) is 0.320. The first-order chi connectivity index (χ1) is 14.7. The molecule has 0 aliphatic heterocycles. The first-order valence-electron chi connectivity index (χ1n) is 10.5. The van der Waals surface area contributed by atoms with Crippen LogP contribution in [0.15, 0.2) is 18.2 Å². The lowest BCUT2D eigenvalue weighted by Gasteiger charge is -2.30. The Bertz CT molecular complexity index is 785. The molecule has 0 radical (unpaired) electrons. The van der Waals surface area contributed by atoms with E-state index in [-0.39, 0.29) is 18.4 Å². The third-order valence-corrected chi connectivity index (χ3v) is 6.19. The molecule has 1 saturated carbocycles. The number of halogens is 2. The minimum Gasteiger partial charge on any atom is -0.332 e. The summed E-state index contributed by atoms with van der Waals surface area (Å²) in [6.07, 6.45) is 5.38. The number of urea groups is 1. The Balaban J connectivity index is 2.06. The first kappa shape index (κ1) is 25.2. The van der Waals surface area contributed by atoms with Gasteiger partial charge in [-0.3, -0.25) is 14.8 Å². The molecular weight excluding hydrogens is 443 g/mol. The molecule has 0 aromatic heterocycles. The van der Waals surface area contributed by atoms with Crippen molar-refractivity contribution in [1.82, 2.24) is 15.7 Å². The lowest BCUT2D eigenvalue weighted by molar-refractivity contribution is -0.141. The number of anilines is 1. The number of rotatable bonds is 9. The van der Waals surface area contributed by atoms with Crippen molar-refractivity contribution >= 4 is 46.7 Å². The second-order valence-electron chi connectivity index (χ2n) is 8.18. The lowest BCUT2D eigenvalue weighted by Crippen LogP contribution is -2.54. The van der Waals surface area contributed by atoms with E-state index in [0.717, 1.165) is 19.3 Å². The number of benzene rings is 1. The van der Waals surface area contributed by atoms with Crippen molar-refractivity contribution in [3.63, 3.8) is 0 Å². The summed E-state index contributed by atoms with van der Waals surface area (Å²) in [5.74, 6) is -0.752. The van der Waals surface area contributed by atoms with Crippen LogP contribution < -0.4 is 16.1 Å². The molecule has 0 unspecified atom stereocenters. The van der Waals surface area contributed by atoms with E-state index in [4.69, 9.17) is 28.4 Å². The van der Waals surface area contributed by atoms with Gasteiger partial charge in [0.2, 0.25) is 5.91 Å². The fourth-order valence-electron chi connectivity index (χ4n) is 3.71. The van der Waals surface area contributed by atoms with E-state index in [9.17, 15) is 14.4 Å². The van der Waals surface area contributed by atoms with Gasteiger partial charge < -0.3 is 15.5 Å². The fraction of sp³-hybridized carbons (Fsp3) is 0.571. The van der Waals surface area contributed by atoms with Crippen LogP contribution in [0.2, 0.25) is 10.0 Å². The first-order valence-corrected chi connectivity index (χ1v) is 11.2. The molecule has 10 heteroatoms. The maximum atomic E-state index is 13.2. The van der Waals surface area contributed by atoms with Crippen molar-refractivity contribution in [2.24, 2.45) is 11.8 Å². The Morgan fingerprint density at radius 1 is 1.16 bits per heavy atom. The molecule has 1 fully saturated rings. The molecule has 1 aromatic carbocycles. The van der Waals surface area contributed by atoms with Crippen LogP contribution in [-0.4, -0.2) is 47.1 Å². The number of amides is 4. The Hall–Kier alpha value is -2.03. The second-order valence-corrected chi connectivity index (χ2v) is 9.00. The number of hydroxylamine groups is 1. The molecule has 4 N–H and O–H groups in total. The highest BCUT2D eigenvalue weighted by Crippen LogP contribution is 2.28. The van der Waals surface area contributed by atoms with Crippen LogP contribution in [0.5, 0.6) is 0 Å². The molecule has 1 atom stereocenters. The number of carbonyl (C=O) groups excluding carboxylic acids is 3. The van der Waals surface area contributed by atoms with E-state index in [1.165, 1.54) is 23.8 Å². The monoisotopic (exact) mass is 472 g/mol. The number of hydrogen-bond acceptors (Lipinski definition) is 4. The van der Waals surface area contributed by atoms with Gasteiger partial charge in [0.05, 0.1) is 10.0 Å². The van der Waals surface area contributed by atoms with Crippen LogP contribution in [0.1, 0.15) is 46.0 Å². The summed E-state index contributed by atoms with van der Waals surface area (Å²) in [6.45, 7) is 3.73. The molecular formula is C21H30Cl2N4O4. The fourth-order valence-corrected chi connectivity index (χ4v) is 4.00. The van der Waals surface area contributed by atoms with Crippen molar-refractivity contribution < 1.29 is 19.6 Å². The SMILES string of the molecule is CC(C)[C@H](NC(=O)Nc1ccc(Cl)c(Cl)c1)C(=O)N(CCC1CCCC1)CC(=O)NO. The van der Waals surface area contributed by atoms with E-state index in [1.807, 2.05) is 13.8 Å². The Labute approximate surface area is 192 Å². The number of nitrogens with one attached hydrogen (secondary N) is 3. The van der Waals surface area contributed by atoms with Gasteiger partial charge in [-0.2, -0.15) is 0 Å². The second kappa shape index (κ2) is 12.1. The van der Waals surface area contributed by atoms with E-state index in [1.54, 1.807) is 17.6 Å². The van der Waals surface area contributed by atoms with Crippen molar-refractivity contribution in [3.05, 3.63) is 28.2 Å². The van der Waals surface area contributed by atoms with Crippen molar-refractivity contribution in [3.8, 4) is 0 Å². The van der Waals surface area contributed by atoms with Crippen molar-refractivity contribution in [2.75, 3.05) is 18.4 Å². The van der Waals surface area contributed by atoms with Crippen LogP contribution in [0.4, 0.5) is 10.5 Å². The normalized spacial score (nSPS) is 14.9. The van der Waals surface area contributed by atoms with Crippen LogP contribution >= 0.6 is 23.2 Å². The molecule has 1 aliphatic carbocycles. The molecule has 172 valence electrons. The highest BCUT2D eigenvalue weighted by Gasteiger charge is 2.30. The summed E-state index contributed by atoms with van der Waals surface area (Å²) < 4.78 is 0. The Kier molecular flexibility index (Phi) is 9.87. The zero-order valence-electron chi connectivity index (χ0n) is 17.8.